The lowest BCUT2D eigenvalue weighted by Crippen LogP contribution is -1.98. The minimum absolute atomic E-state index is 0.634. The van der Waals surface area contributed by atoms with E-state index in [-0.39, 0.29) is 0 Å². The molecule has 0 fully saturated rings. The summed E-state index contributed by atoms with van der Waals surface area (Å²) in [7, 11) is 0. The van der Waals surface area contributed by atoms with E-state index in [1.165, 1.54) is 0 Å². The van der Waals surface area contributed by atoms with Gasteiger partial charge in [0.25, 0.3) is 0 Å². The predicted molar refractivity (Wildman–Crippen MR) is 55.5 cm³/mol. The van der Waals surface area contributed by atoms with E-state index >= 15 is 0 Å². The molecule has 0 saturated carbocycles. The van der Waals surface area contributed by atoms with Gasteiger partial charge in [0.05, 0.1) is 6.20 Å². The van der Waals surface area contributed by atoms with E-state index in [0.29, 0.717) is 5.15 Å². The van der Waals surface area contributed by atoms with Crippen LogP contribution < -0.4 is 0 Å². The largest absolute Gasteiger partial charge is 0.222 e. The number of halogens is 2. The number of fused-ring (bicyclic) bond motifs is 1. The van der Waals surface area contributed by atoms with Crippen molar-refractivity contribution in [2.45, 2.75) is 6.92 Å². The van der Waals surface area contributed by atoms with Crippen molar-refractivity contribution >= 4 is 39.8 Å². The van der Waals surface area contributed by atoms with Crippen molar-refractivity contribution in [2.24, 2.45) is 0 Å². The Morgan fingerprint density at radius 2 is 2.33 bits per heavy atom. The van der Waals surface area contributed by atoms with Gasteiger partial charge in [-0.25, -0.2) is 9.50 Å². The third-order valence-electron chi connectivity index (χ3n) is 1.64. The van der Waals surface area contributed by atoms with E-state index < -0.39 is 0 Å². The molecule has 2 aromatic rings. The lowest BCUT2D eigenvalue weighted by atomic mass is 10.4. The maximum absolute atomic E-state index is 6.03. The van der Waals surface area contributed by atoms with Crippen molar-refractivity contribution in [1.29, 1.82) is 0 Å². The van der Waals surface area contributed by atoms with Gasteiger partial charge in [0, 0.05) is 11.6 Å². The first-order valence-corrected chi connectivity index (χ1v) is 4.81. The van der Waals surface area contributed by atoms with Crippen molar-refractivity contribution in [1.82, 2.24) is 14.6 Å². The summed E-state index contributed by atoms with van der Waals surface area (Å²) in [5, 5.41) is 4.67. The van der Waals surface area contributed by atoms with Crippen LogP contribution in [0.5, 0.6) is 0 Å². The smallest absolute Gasteiger partial charge is 0.157 e. The molecule has 0 radical (unpaired) electrons. The van der Waals surface area contributed by atoms with Gasteiger partial charge in [-0.1, -0.05) is 11.6 Å². The molecule has 12 heavy (non-hydrogen) atoms. The highest BCUT2D eigenvalue weighted by Crippen LogP contribution is 2.19. The van der Waals surface area contributed by atoms with E-state index in [9.17, 15) is 0 Å². The molecule has 0 bridgehead atoms. The Labute approximate surface area is 87.9 Å². The molecule has 0 aliphatic carbocycles. The Hall–Kier alpha value is -0.360. The van der Waals surface area contributed by atoms with Gasteiger partial charge in [-0.15, -0.1) is 0 Å². The minimum Gasteiger partial charge on any atom is -0.222 e. The average Bonchev–Trinajstić information content (AvgIpc) is 2.48. The van der Waals surface area contributed by atoms with Crippen LogP contribution >= 0.6 is 34.2 Å². The fourth-order valence-electron chi connectivity index (χ4n) is 0.961. The van der Waals surface area contributed by atoms with Crippen LogP contribution in [-0.4, -0.2) is 14.6 Å². The lowest BCUT2D eigenvalue weighted by Gasteiger charge is -2.02. The number of nitrogens with zero attached hydrogens (tertiary/aromatic N) is 3. The standard InChI is InChI=1S/C7H5ClIN3/c1-4-6(8)12-5(2-3-10-12)11-7(4)9/h2-3H,1H3. The summed E-state index contributed by atoms with van der Waals surface area (Å²) in [5.74, 6) is 0. The van der Waals surface area contributed by atoms with Crippen molar-refractivity contribution in [3.05, 3.63) is 26.7 Å². The fourth-order valence-corrected chi connectivity index (χ4v) is 1.84. The van der Waals surface area contributed by atoms with Crippen LogP contribution in [0.1, 0.15) is 5.56 Å². The van der Waals surface area contributed by atoms with Gasteiger partial charge in [-0.05, 0) is 29.5 Å². The molecule has 2 rings (SSSR count). The first-order valence-electron chi connectivity index (χ1n) is 3.35. The average molecular weight is 293 g/mol. The third-order valence-corrected chi connectivity index (χ3v) is 3.13. The molecular weight excluding hydrogens is 288 g/mol. The Bertz CT molecular complexity index is 437. The van der Waals surface area contributed by atoms with E-state index in [2.05, 4.69) is 32.7 Å². The molecule has 62 valence electrons. The first-order chi connectivity index (χ1) is 5.70. The summed E-state index contributed by atoms with van der Waals surface area (Å²) in [5.41, 5.74) is 1.75. The van der Waals surface area contributed by atoms with Crippen LogP contribution in [0, 0.1) is 10.6 Å². The van der Waals surface area contributed by atoms with Gasteiger partial charge in [0.2, 0.25) is 0 Å². The van der Waals surface area contributed by atoms with Crippen LogP contribution in [0.4, 0.5) is 0 Å². The van der Waals surface area contributed by atoms with E-state index in [0.717, 1.165) is 14.9 Å². The van der Waals surface area contributed by atoms with Gasteiger partial charge in [0.1, 0.15) is 8.85 Å². The summed E-state index contributed by atoms with van der Waals surface area (Å²) in [4.78, 5) is 4.30. The second kappa shape index (κ2) is 2.85. The third kappa shape index (κ3) is 1.09. The maximum atomic E-state index is 6.03. The highest BCUT2D eigenvalue weighted by Gasteiger charge is 2.07. The topological polar surface area (TPSA) is 30.2 Å². The number of hydrogen-bond acceptors (Lipinski definition) is 2. The lowest BCUT2D eigenvalue weighted by molar-refractivity contribution is 0.921. The zero-order valence-electron chi connectivity index (χ0n) is 6.25. The van der Waals surface area contributed by atoms with Crippen molar-refractivity contribution in [2.75, 3.05) is 0 Å². The Kier molecular flexibility index (Phi) is 1.96. The maximum Gasteiger partial charge on any atom is 0.157 e. The van der Waals surface area contributed by atoms with Gasteiger partial charge < -0.3 is 0 Å². The summed E-state index contributed by atoms with van der Waals surface area (Å²) in [6.45, 7) is 1.93. The Morgan fingerprint density at radius 1 is 1.58 bits per heavy atom. The quantitative estimate of drug-likeness (QED) is 0.551. The molecule has 0 amide bonds. The molecule has 0 atom stereocenters. The van der Waals surface area contributed by atoms with Gasteiger partial charge in [0.15, 0.2) is 5.65 Å². The summed E-state index contributed by atoms with van der Waals surface area (Å²) in [6.07, 6.45) is 1.68. The SMILES string of the molecule is Cc1c(I)nc2ccnn2c1Cl. The van der Waals surface area contributed by atoms with Gasteiger partial charge >= 0.3 is 0 Å². The second-order valence-corrected chi connectivity index (χ2v) is 3.80. The van der Waals surface area contributed by atoms with E-state index in [1.54, 1.807) is 10.7 Å². The number of aromatic nitrogens is 3. The monoisotopic (exact) mass is 293 g/mol. The molecule has 5 heteroatoms. The van der Waals surface area contributed by atoms with Crippen molar-refractivity contribution in [3.63, 3.8) is 0 Å². The molecule has 0 aromatic carbocycles. The molecule has 0 saturated heterocycles. The zero-order chi connectivity index (χ0) is 8.72. The van der Waals surface area contributed by atoms with Crippen LogP contribution in [0.2, 0.25) is 5.15 Å². The summed E-state index contributed by atoms with van der Waals surface area (Å²) < 4.78 is 2.55. The fraction of sp³-hybridized carbons (Fsp3) is 0.143. The van der Waals surface area contributed by atoms with Gasteiger partial charge in [-0.2, -0.15) is 5.10 Å². The summed E-state index contributed by atoms with van der Waals surface area (Å²) in [6, 6.07) is 1.83. The normalized spacial score (nSPS) is 10.9. The van der Waals surface area contributed by atoms with E-state index in [1.807, 2.05) is 13.0 Å². The van der Waals surface area contributed by atoms with E-state index in [4.69, 9.17) is 11.6 Å². The molecule has 2 aromatic heterocycles. The number of rotatable bonds is 0. The molecule has 0 aliphatic rings. The summed E-state index contributed by atoms with van der Waals surface area (Å²) >= 11 is 8.19. The Morgan fingerprint density at radius 3 is 3.08 bits per heavy atom. The molecule has 0 aliphatic heterocycles. The van der Waals surface area contributed by atoms with Crippen LogP contribution in [0.15, 0.2) is 12.3 Å². The molecule has 0 spiro atoms. The van der Waals surface area contributed by atoms with Gasteiger partial charge in [-0.3, -0.25) is 0 Å². The highest BCUT2D eigenvalue weighted by molar-refractivity contribution is 14.1. The van der Waals surface area contributed by atoms with Crippen LogP contribution in [-0.2, 0) is 0 Å². The molecule has 0 unspecified atom stereocenters. The highest BCUT2D eigenvalue weighted by atomic mass is 127. The van der Waals surface area contributed by atoms with Crippen molar-refractivity contribution < 1.29 is 0 Å². The zero-order valence-corrected chi connectivity index (χ0v) is 9.17. The van der Waals surface area contributed by atoms with Crippen molar-refractivity contribution in [3.8, 4) is 0 Å². The minimum atomic E-state index is 0.634. The van der Waals surface area contributed by atoms with Crippen LogP contribution in [0.3, 0.4) is 0 Å². The molecule has 3 nitrogen and oxygen atoms in total. The Balaban J connectivity index is 2.94. The van der Waals surface area contributed by atoms with Crippen LogP contribution in [0.25, 0.3) is 5.65 Å². The molecular formula is C7H5ClIN3. The second-order valence-electron chi connectivity index (χ2n) is 2.42. The predicted octanol–water partition coefficient (Wildman–Crippen LogP) is 2.30. The molecule has 2 heterocycles. The first kappa shape index (κ1) is 8.25. The molecule has 0 N–H and O–H groups in total. The number of hydrogen-bond donors (Lipinski definition) is 0.